The third-order valence-electron chi connectivity index (χ3n) is 4.12. The molecule has 26 heavy (non-hydrogen) atoms. The molecule has 1 heterocycles. The molecule has 1 aromatic heterocycles. The number of benzene rings is 2. The summed E-state index contributed by atoms with van der Waals surface area (Å²) in [4.78, 5) is 0. The summed E-state index contributed by atoms with van der Waals surface area (Å²) in [5.41, 5.74) is 1.99. The van der Waals surface area contributed by atoms with Crippen molar-refractivity contribution in [2.45, 2.75) is 32.4 Å². The second-order valence-electron chi connectivity index (χ2n) is 6.18. The van der Waals surface area contributed by atoms with Crippen LogP contribution < -0.4 is 14.8 Å². The van der Waals surface area contributed by atoms with Crippen LogP contribution in [0.5, 0.6) is 17.5 Å². The van der Waals surface area contributed by atoms with Crippen LogP contribution in [0.1, 0.15) is 25.3 Å². The molecular weight excluding hydrogens is 330 g/mol. The molecule has 2 aromatic carbocycles. The number of tetrazole rings is 1. The van der Waals surface area contributed by atoms with Gasteiger partial charge in [-0.3, -0.25) is 0 Å². The Labute approximate surface area is 151 Å². The first kappa shape index (κ1) is 16.5. The molecule has 0 bridgehead atoms. The normalized spacial score (nSPS) is 13.6. The fourth-order valence-electron chi connectivity index (χ4n) is 2.64. The number of hydrogen-bond donors (Lipinski definition) is 1. The molecule has 0 unspecified atom stereocenters. The van der Waals surface area contributed by atoms with Crippen LogP contribution in [0.25, 0.3) is 5.69 Å². The standard InChI is InChI=1S/C19H21N5O2/c1-2-25-18-12-14(13-20-15-9-10-15)8-11-17(18)26-19-21-22-23-24(19)16-6-4-3-5-7-16/h3-8,11-12,15,20H,2,9-10,13H2,1H3. The van der Waals surface area contributed by atoms with Crippen molar-refractivity contribution >= 4 is 0 Å². The average Bonchev–Trinajstić information content (AvgIpc) is 3.39. The first-order chi connectivity index (χ1) is 12.8. The van der Waals surface area contributed by atoms with Crippen molar-refractivity contribution in [3.63, 3.8) is 0 Å². The molecule has 1 saturated carbocycles. The van der Waals surface area contributed by atoms with Gasteiger partial charge in [-0.25, -0.2) is 0 Å². The topological polar surface area (TPSA) is 74.1 Å². The third kappa shape index (κ3) is 3.83. The molecule has 4 rings (SSSR count). The van der Waals surface area contributed by atoms with Crippen LogP contribution in [0.3, 0.4) is 0 Å². The van der Waals surface area contributed by atoms with E-state index < -0.39 is 0 Å². The Bertz CT molecular complexity index is 861. The Kier molecular flexibility index (Phi) is 4.79. The lowest BCUT2D eigenvalue weighted by Crippen LogP contribution is -2.15. The van der Waals surface area contributed by atoms with Crippen molar-refractivity contribution in [2.24, 2.45) is 0 Å². The van der Waals surface area contributed by atoms with Crippen molar-refractivity contribution in [3.05, 3.63) is 54.1 Å². The molecule has 0 radical (unpaired) electrons. The lowest BCUT2D eigenvalue weighted by atomic mass is 10.2. The molecule has 3 aromatic rings. The maximum atomic E-state index is 5.96. The first-order valence-electron chi connectivity index (χ1n) is 8.84. The zero-order chi connectivity index (χ0) is 17.8. The molecule has 0 spiro atoms. The summed E-state index contributed by atoms with van der Waals surface area (Å²) in [5, 5.41) is 15.2. The maximum Gasteiger partial charge on any atom is 0.346 e. The lowest BCUT2D eigenvalue weighted by molar-refractivity contribution is 0.315. The van der Waals surface area contributed by atoms with Crippen LogP contribution in [0.15, 0.2) is 48.5 Å². The highest BCUT2D eigenvalue weighted by atomic mass is 16.5. The van der Waals surface area contributed by atoms with Gasteiger partial charge in [0.1, 0.15) is 0 Å². The number of rotatable bonds is 8. The van der Waals surface area contributed by atoms with Gasteiger partial charge in [-0.15, -0.1) is 0 Å². The SMILES string of the molecule is CCOc1cc(CNC2CC2)ccc1Oc1nnnn1-c1ccccc1. The minimum atomic E-state index is 0.293. The molecule has 7 nitrogen and oxygen atoms in total. The van der Waals surface area contributed by atoms with Gasteiger partial charge < -0.3 is 14.8 Å². The molecular formula is C19H21N5O2. The van der Waals surface area contributed by atoms with Gasteiger partial charge >= 0.3 is 6.01 Å². The van der Waals surface area contributed by atoms with Crippen molar-refractivity contribution in [1.29, 1.82) is 0 Å². The van der Waals surface area contributed by atoms with E-state index in [1.165, 1.54) is 12.8 Å². The number of nitrogens with one attached hydrogen (secondary N) is 1. The smallest absolute Gasteiger partial charge is 0.346 e. The molecule has 1 fully saturated rings. The van der Waals surface area contributed by atoms with E-state index in [0.29, 0.717) is 30.2 Å². The van der Waals surface area contributed by atoms with E-state index in [1.54, 1.807) is 4.68 Å². The second-order valence-corrected chi connectivity index (χ2v) is 6.18. The quantitative estimate of drug-likeness (QED) is 0.672. The Morgan fingerprint density at radius 1 is 1.12 bits per heavy atom. The number of para-hydroxylation sites is 1. The maximum absolute atomic E-state index is 5.96. The number of nitrogens with zero attached hydrogens (tertiary/aromatic N) is 4. The molecule has 0 aliphatic heterocycles. The average molecular weight is 351 g/mol. The van der Waals surface area contributed by atoms with Crippen molar-refractivity contribution < 1.29 is 9.47 Å². The van der Waals surface area contributed by atoms with E-state index >= 15 is 0 Å². The van der Waals surface area contributed by atoms with Gasteiger partial charge in [-0.2, -0.15) is 4.68 Å². The van der Waals surface area contributed by atoms with Gasteiger partial charge in [-0.05, 0) is 60.0 Å². The monoisotopic (exact) mass is 351 g/mol. The van der Waals surface area contributed by atoms with Crippen LogP contribution in [-0.4, -0.2) is 32.9 Å². The van der Waals surface area contributed by atoms with Crippen molar-refractivity contribution in [1.82, 2.24) is 25.5 Å². The van der Waals surface area contributed by atoms with E-state index in [9.17, 15) is 0 Å². The Balaban J connectivity index is 1.56. The minimum absolute atomic E-state index is 0.293. The molecule has 1 N–H and O–H groups in total. The molecule has 7 heteroatoms. The summed E-state index contributed by atoms with van der Waals surface area (Å²) < 4.78 is 13.3. The Hall–Kier alpha value is -2.93. The fourth-order valence-corrected chi connectivity index (χ4v) is 2.64. The van der Waals surface area contributed by atoms with Crippen molar-refractivity contribution in [3.8, 4) is 23.2 Å². The van der Waals surface area contributed by atoms with E-state index in [-0.39, 0.29) is 0 Å². The highest BCUT2D eigenvalue weighted by molar-refractivity contribution is 5.45. The first-order valence-corrected chi connectivity index (χ1v) is 8.84. The van der Waals surface area contributed by atoms with Crippen LogP contribution in [0, 0.1) is 0 Å². The van der Waals surface area contributed by atoms with Crippen LogP contribution in [0.2, 0.25) is 0 Å². The zero-order valence-electron chi connectivity index (χ0n) is 14.6. The lowest BCUT2D eigenvalue weighted by Gasteiger charge is -2.13. The highest BCUT2D eigenvalue weighted by Crippen LogP contribution is 2.32. The summed E-state index contributed by atoms with van der Waals surface area (Å²) in [6.45, 7) is 3.33. The van der Waals surface area contributed by atoms with Gasteiger partial charge in [0, 0.05) is 12.6 Å². The van der Waals surface area contributed by atoms with Gasteiger partial charge in [0.2, 0.25) is 0 Å². The highest BCUT2D eigenvalue weighted by Gasteiger charge is 2.20. The summed E-state index contributed by atoms with van der Waals surface area (Å²) in [7, 11) is 0. The minimum Gasteiger partial charge on any atom is -0.490 e. The number of hydrogen-bond acceptors (Lipinski definition) is 6. The predicted octanol–water partition coefficient (Wildman–Crippen LogP) is 3.11. The van der Waals surface area contributed by atoms with E-state index in [4.69, 9.17) is 9.47 Å². The summed E-state index contributed by atoms with van der Waals surface area (Å²) in [6, 6.07) is 16.5. The molecule has 1 aliphatic carbocycles. The van der Waals surface area contributed by atoms with Gasteiger partial charge in [0.25, 0.3) is 0 Å². The molecule has 0 amide bonds. The van der Waals surface area contributed by atoms with Gasteiger partial charge in [0.05, 0.1) is 12.3 Å². The predicted molar refractivity (Wildman–Crippen MR) is 96.7 cm³/mol. The largest absolute Gasteiger partial charge is 0.490 e. The van der Waals surface area contributed by atoms with E-state index in [0.717, 1.165) is 17.8 Å². The van der Waals surface area contributed by atoms with Crippen LogP contribution in [-0.2, 0) is 6.54 Å². The zero-order valence-corrected chi connectivity index (χ0v) is 14.6. The third-order valence-corrected chi connectivity index (χ3v) is 4.12. The van der Waals surface area contributed by atoms with Crippen LogP contribution in [0.4, 0.5) is 0 Å². The Morgan fingerprint density at radius 3 is 2.73 bits per heavy atom. The van der Waals surface area contributed by atoms with Gasteiger partial charge in [-0.1, -0.05) is 29.4 Å². The van der Waals surface area contributed by atoms with E-state index in [2.05, 4.69) is 20.8 Å². The molecule has 0 saturated heterocycles. The summed E-state index contributed by atoms with van der Waals surface area (Å²) >= 11 is 0. The molecule has 134 valence electrons. The fraction of sp³-hybridized carbons (Fsp3) is 0.316. The molecule has 1 aliphatic rings. The summed E-state index contributed by atoms with van der Waals surface area (Å²) in [5.74, 6) is 1.28. The van der Waals surface area contributed by atoms with Crippen molar-refractivity contribution in [2.75, 3.05) is 6.61 Å². The second kappa shape index (κ2) is 7.53. The van der Waals surface area contributed by atoms with Crippen LogP contribution >= 0.6 is 0 Å². The Morgan fingerprint density at radius 2 is 1.96 bits per heavy atom. The van der Waals surface area contributed by atoms with Gasteiger partial charge in [0.15, 0.2) is 11.5 Å². The number of ether oxygens (including phenoxy) is 2. The number of aromatic nitrogens is 4. The van der Waals surface area contributed by atoms with E-state index in [1.807, 2.05) is 55.5 Å². The summed E-state index contributed by atoms with van der Waals surface area (Å²) in [6.07, 6.45) is 2.53. The molecule has 0 atom stereocenters.